The molecule has 0 radical (unpaired) electrons. The Morgan fingerprint density at radius 1 is 1.18 bits per heavy atom. The van der Waals surface area contributed by atoms with Gasteiger partial charge in [0.15, 0.2) is 5.96 Å². The first-order chi connectivity index (χ1) is 13.7. The normalized spacial score (nSPS) is 14.8. The minimum atomic E-state index is 0.118. The minimum Gasteiger partial charge on any atom is -0.356 e. The number of hydrogen-bond donors (Lipinski definition) is 3. The summed E-state index contributed by atoms with van der Waals surface area (Å²) in [6, 6.07) is 10.7. The van der Waals surface area contributed by atoms with Crippen LogP contribution in [-0.4, -0.2) is 47.8 Å². The van der Waals surface area contributed by atoms with Crippen molar-refractivity contribution >= 4 is 11.9 Å². The monoisotopic (exact) mass is 382 g/mol. The molecule has 28 heavy (non-hydrogen) atoms. The average Bonchev–Trinajstić information content (AvgIpc) is 3.41. The van der Waals surface area contributed by atoms with Gasteiger partial charge in [-0.1, -0.05) is 25.0 Å². The fraction of sp³-hybridized carbons (Fsp3) is 0.476. The number of nitrogens with zero attached hydrogens (tertiary/aromatic N) is 3. The third-order valence-electron chi connectivity index (χ3n) is 5.00. The first kappa shape index (κ1) is 19.9. The molecule has 3 N–H and O–H groups in total. The summed E-state index contributed by atoms with van der Waals surface area (Å²) in [6.45, 7) is 1.35. The lowest BCUT2D eigenvalue weighted by Crippen LogP contribution is -2.41. The summed E-state index contributed by atoms with van der Waals surface area (Å²) in [4.78, 5) is 16.2. The van der Waals surface area contributed by atoms with Crippen LogP contribution in [0.25, 0.3) is 5.69 Å². The van der Waals surface area contributed by atoms with Crippen molar-refractivity contribution in [2.45, 2.75) is 44.6 Å². The van der Waals surface area contributed by atoms with Crippen LogP contribution < -0.4 is 16.0 Å². The molecule has 0 spiro atoms. The Balaban J connectivity index is 1.33. The largest absolute Gasteiger partial charge is 0.356 e. The van der Waals surface area contributed by atoms with Gasteiger partial charge in [0.1, 0.15) is 0 Å². The summed E-state index contributed by atoms with van der Waals surface area (Å²) < 4.78 is 1.84. The van der Waals surface area contributed by atoms with E-state index < -0.39 is 0 Å². The number of carbonyl (C=O) groups excluding carboxylic acids is 1. The van der Waals surface area contributed by atoms with Gasteiger partial charge in [-0.15, -0.1) is 0 Å². The smallest absolute Gasteiger partial charge is 0.221 e. The highest BCUT2D eigenvalue weighted by Crippen LogP contribution is 2.17. The van der Waals surface area contributed by atoms with Crippen LogP contribution in [0.3, 0.4) is 0 Å². The third kappa shape index (κ3) is 6.11. The van der Waals surface area contributed by atoms with Crippen molar-refractivity contribution in [2.24, 2.45) is 4.99 Å². The molecule has 1 heterocycles. The number of amides is 1. The number of hydrogen-bond acceptors (Lipinski definition) is 3. The second kappa shape index (κ2) is 10.5. The van der Waals surface area contributed by atoms with Crippen LogP contribution >= 0.6 is 0 Å². The summed E-state index contributed by atoms with van der Waals surface area (Å²) in [6.07, 6.45) is 9.75. The number of benzene rings is 1. The zero-order valence-corrected chi connectivity index (χ0v) is 16.5. The second-order valence-corrected chi connectivity index (χ2v) is 7.09. The van der Waals surface area contributed by atoms with Crippen molar-refractivity contribution < 1.29 is 4.79 Å². The van der Waals surface area contributed by atoms with E-state index in [9.17, 15) is 4.79 Å². The maximum Gasteiger partial charge on any atom is 0.221 e. The van der Waals surface area contributed by atoms with E-state index in [0.29, 0.717) is 19.0 Å². The third-order valence-corrected chi connectivity index (χ3v) is 5.00. The zero-order chi connectivity index (χ0) is 19.6. The molecule has 0 unspecified atom stereocenters. The molecular formula is C21H30N6O. The van der Waals surface area contributed by atoms with Gasteiger partial charge in [-0.05, 0) is 43.0 Å². The van der Waals surface area contributed by atoms with Crippen LogP contribution in [-0.2, 0) is 11.2 Å². The lowest BCUT2D eigenvalue weighted by Gasteiger charge is -2.14. The molecule has 7 heteroatoms. The van der Waals surface area contributed by atoms with Crippen LogP contribution in [0.4, 0.5) is 0 Å². The Morgan fingerprint density at radius 3 is 2.61 bits per heavy atom. The quantitative estimate of drug-likeness (QED) is 0.482. The fourth-order valence-electron chi connectivity index (χ4n) is 3.45. The van der Waals surface area contributed by atoms with E-state index >= 15 is 0 Å². The van der Waals surface area contributed by atoms with E-state index in [2.05, 4.69) is 50.3 Å². The summed E-state index contributed by atoms with van der Waals surface area (Å²) in [5.74, 6) is 0.842. The SMILES string of the molecule is CN=C(NCCC(=O)NC1CCCC1)NCCc1ccc(-n2cccn2)cc1. The molecule has 1 aromatic heterocycles. The molecule has 3 rings (SSSR count). The second-order valence-electron chi connectivity index (χ2n) is 7.09. The van der Waals surface area contributed by atoms with Gasteiger partial charge in [0.2, 0.25) is 5.91 Å². The fourth-order valence-corrected chi connectivity index (χ4v) is 3.45. The van der Waals surface area contributed by atoms with E-state index in [1.54, 1.807) is 13.2 Å². The van der Waals surface area contributed by atoms with Crippen molar-refractivity contribution in [1.29, 1.82) is 0 Å². The van der Waals surface area contributed by atoms with Crippen LogP contribution in [0, 0.1) is 0 Å². The Morgan fingerprint density at radius 2 is 1.93 bits per heavy atom. The standard InChI is InChI=1S/C21H30N6O/c1-22-21(24-15-12-20(28)26-18-5-2-3-6-18)23-14-11-17-7-9-19(10-8-17)27-16-4-13-25-27/h4,7-10,13,16,18H,2-3,5-6,11-12,14-15H2,1H3,(H,26,28)(H2,22,23,24). The van der Waals surface area contributed by atoms with Crippen LogP contribution in [0.5, 0.6) is 0 Å². The van der Waals surface area contributed by atoms with Gasteiger partial charge in [-0.3, -0.25) is 9.79 Å². The van der Waals surface area contributed by atoms with Crippen LogP contribution in [0.1, 0.15) is 37.7 Å². The molecule has 7 nitrogen and oxygen atoms in total. The molecule has 0 atom stereocenters. The molecule has 1 fully saturated rings. The molecule has 1 aromatic carbocycles. The highest BCUT2D eigenvalue weighted by Gasteiger charge is 2.16. The molecule has 1 amide bonds. The summed E-state index contributed by atoms with van der Waals surface area (Å²) in [5.41, 5.74) is 2.30. The highest BCUT2D eigenvalue weighted by atomic mass is 16.1. The summed E-state index contributed by atoms with van der Waals surface area (Å²) in [7, 11) is 1.74. The van der Waals surface area contributed by atoms with E-state index in [4.69, 9.17) is 0 Å². The Bertz CT molecular complexity index is 748. The van der Waals surface area contributed by atoms with E-state index in [0.717, 1.165) is 37.5 Å². The number of aliphatic imine (C=N–C) groups is 1. The number of carbonyl (C=O) groups is 1. The van der Waals surface area contributed by atoms with Crippen molar-refractivity contribution in [3.8, 4) is 5.69 Å². The zero-order valence-electron chi connectivity index (χ0n) is 16.5. The molecule has 0 bridgehead atoms. The molecule has 1 aliphatic carbocycles. The Hall–Kier alpha value is -2.83. The molecule has 1 saturated carbocycles. The Labute approximate surface area is 166 Å². The average molecular weight is 383 g/mol. The van der Waals surface area contributed by atoms with Crippen LogP contribution in [0.2, 0.25) is 0 Å². The van der Waals surface area contributed by atoms with Gasteiger partial charge in [-0.25, -0.2) is 4.68 Å². The number of nitrogens with one attached hydrogen (secondary N) is 3. The maximum absolute atomic E-state index is 12.0. The topological polar surface area (TPSA) is 83.3 Å². The first-order valence-corrected chi connectivity index (χ1v) is 10.1. The summed E-state index contributed by atoms with van der Waals surface area (Å²) >= 11 is 0. The molecule has 0 aliphatic heterocycles. The predicted molar refractivity (Wildman–Crippen MR) is 112 cm³/mol. The van der Waals surface area contributed by atoms with E-state index in [-0.39, 0.29) is 5.91 Å². The number of aromatic nitrogens is 2. The molecule has 0 saturated heterocycles. The van der Waals surface area contributed by atoms with Gasteiger partial charge in [-0.2, -0.15) is 5.10 Å². The summed E-state index contributed by atoms with van der Waals surface area (Å²) in [5, 5.41) is 13.8. The van der Waals surface area contributed by atoms with E-state index in [1.807, 2.05) is 16.9 Å². The van der Waals surface area contributed by atoms with Crippen LogP contribution in [0.15, 0.2) is 47.7 Å². The lowest BCUT2D eigenvalue weighted by molar-refractivity contribution is -0.121. The Kier molecular flexibility index (Phi) is 7.46. The first-order valence-electron chi connectivity index (χ1n) is 10.1. The number of rotatable bonds is 8. The molecule has 2 aromatic rings. The van der Waals surface area contributed by atoms with Gasteiger partial charge in [0, 0.05) is 45.0 Å². The van der Waals surface area contributed by atoms with Crippen molar-refractivity contribution in [2.75, 3.05) is 20.1 Å². The maximum atomic E-state index is 12.0. The van der Waals surface area contributed by atoms with Crippen molar-refractivity contribution in [1.82, 2.24) is 25.7 Å². The number of guanidine groups is 1. The minimum absolute atomic E-state index is 0.118. The van der Waals surface area contributed by atoms with Crippen molar-refractivity contribution in [3.05, 3.63) is 48.3 Å². The highest BCUT2D eigenvalue weighted by molar-refractivity contribution is 5.81. The van der Waals surface area contributed by atoms with Crippen molar-refractivity contribution in [3.63, 3.8) is 0 Å². The van der Waals surface area contributed by atoms with Gasteiger partial charge in [0.05, 0.1) is 5.69 Å². The van der Waals surface area contributed by atoms with E-state index in [1.165, 1.54) is 18.4 Å². The molecule has 150 valence electrons. The molecule has 1 aliphatic rings. The van der Waals surface area contributed by atoms with Gasteiger partial charge < -0.3 is 16.0 Å². The predicted octanol–water partition coefficient (Wildman–Crippen LogP) is 2.03. The lowest BCUT2D eigenvalue weighted by atomic mass is 10.1. The molecular weight excluding hydrogens is 352 g/mol. The van der Waals surface area contributed by atoms with Gasteiger partial charge in [0.25, 0.3) is 0 Å². The van der Waals surface area contributed by atoms with Gasteiger partial charge >= 0.3 is 0 Å².